The minimum absolute atomic E-state index is 0.0709. The number of hydrogen-bond acceptors (Lipinski definition) is 0. The smallest absolute Gasteiger partial charge is 0.0541 e. The van der Waals surface area contributed by atoms with Gasteiger partial charge < -0.3 is 4.57 Å². The first kappa shape index (κ1) is 37.3. The van der Waals surface area contributed by atoms with E-state index in [1.165, 1.54) is 105 Å². The van der Waals surface area contributed by atoms with Crippen LogP contribution in [-0.4, -0.2) is 4.57 Å². The Balaban J connectivity index is 1.05. The van der Waals surface area contributed by atoms with E-state index in [1.807, 2.05) is 0 Å². The number of rotatable bonds is 7. The Kier molecular flexibility index (Phi) is 8.86. The second-order valence-electron chi connectivity index (χ2n) is 17.9. The number of benzene rings is 8. The van der Waals surface area contributed by atoms with Crippen molar-refractivity contribution in [2.45, 2.75) is 65.2 Å². The SMILES string of the molecule is CCC(C)c1c(-c2ccc(-n3c4ccc(-c5ccccc5)cc4c4cc(-c5cccc6ccccc56)ccc43)cc2)cccc1-c1ccc2c(c1C)C1=C(CCC=C1)C2(C)C. The van der Waals surface area contributed by atoms with Gasteiger partial charge in [-0.1, -0.05) is 173 Å². The second kappa shape index (κ2) is 14.5. The van der Waals surface area contributed by atoms with E-state index in [2.05, 4.69) is 215 Å². The predicted octanol–water partition coefficient (Wildman–Crippen LogP) is 16.8. The summed E-state index contributed by atoms with van der Waals surface area (Å²) in [7, 11) is 0. The molecule has 9 aromatic rings. The average Bonchev–Trinajstić information content (AvgIpc) is 3.76. The van der Waals surface area contributed by atoms with Crippen molar-refractivity contribution in [1.82, 2.24) is 4.57 Å². The van der Waals surface area contributed by atoms with Gasteiger partial charge >= 0.3 is 0 Å². The molecular formula is C60H51N. The molecule has 1 atom stereocenters. The first-order valence-corrected chi connectivity index (χ1v) is 22.2. The molecule has 1 unspecified atom stereocenters. The molecule has 296 valence electrons. The first-order valence-electron chi connectivity index (χ1n) is 22.2. The minimum Gasteiger partial charge on any atom is -0.309 e. The fourth-order valence-electron chi connectivity index (χ4n) is 10.9. The lowest BCUT2D eigenvalue weighted by Crippen LogP contribution is -2.17. The lowest BCUT2D eigenvalue weighted by Gasteiger charge is -2.26. The lowest BCUT2D eigenvalue weighted by molar-refractivity contribution is 0.607. The van der Waals surface area contributed by atoms with E-state index < -0.39 is 0 Å². The van der Waals surface area contributed by atoms with Crippen LogP contribution in [0, 0.1) is 6.92 Å². The molecule has 0 saturated heterocycles. The Labute approximate surface area is 360 Å². The highest BCUT2D eigenvalue weighted by Gasteiger charge is 2.38. The molecule has 2 aliphatic rings. The van der Waals surface area contributed by atoms with Crippen LogP contribution in [0.1, 0.15) is 75.1 Å². The zero-order chi connectivity index (χ0) is 41.4. The monoisotopic (exact) mass is 785 g/mol. The highest BCUT2D eigenvalue weighted by Crippen LogP contribution is 2.53. The zero-order valence-corrected chi connectivity index (χ0v) is 35.9. The normalized spacial score (nSPS) is 14.8. The van der Waals surface area contributed by atoms with Gasteiger partial charge in [0.15, 0.2) is 0 Å². The highest BCUT2D eigenvalue weighted by molar-refractivity contribution is 6.12. The summed E-state index contributed by atoms with van der Waals surface area (Å²) < 4.78 is 2.46. The van der Waals surface area contributed by atoms with E-state index in [0.29, 0.717) is 5.92 Å². The maximum atomic E-state index is 2.46. The van der Waals surface area contributed by atoms with Crippen LogP contribution in [0.4, 0.5) is 0 Å². The summed E-state index contributed by atoms with van der Waals surface area (Å²) in [5, 5.41) is 5.05. The van der Waals surface area contributed by atoms with Gasteiger partial charge in [-0.25, -0.2) is 0 Å². The van der Waals surface area contributed by atoms with E-state index in [9.17, 15) is 0 Å². The Hall–Kier alpha value is -6.70. The molecule has 0 radical (unpaired) electrons. The second-order valence-corrected chi connectivity index (χ2v) is 17.9. The Morgan fingerprint density at radius 2 is 1.23 bits per heavy atom. The van der Waals surface area contributed by atoms with Gasteiger partial charge in [0.1, 0.15) is 0 Å². The van der Waals surface area contributed by atoms with Crippen molar-refractivity contribution in [3.05, 3.63) is 204 Å². The molecule has 0 fully saturated rings. The third kappa shape index (κ3) is 5.89. The lowest BCUT2D eigenvalue weighted by atomic mass is 9.77. The molecule has 11 rings (SSSR count). The Bertz CT molecular complexity index is 3250. The van der Waals surface area contributed by atoms with Gasteiger partial charge in [0, 0.05) is 21.9 Å². The van der Waals surface area contributed by atoms with Crippen LogP contribution in [0.5, 0.6) is 0 Å². The maximum Gasteiger partial charge on any atom is 0.0541 e. The van der Waals surface area contributed by atoms with Crippen LogP contribution in [-0.2, 0) is 5.41 Å². The quantitative estimate of drug-likeness (QED) is 0.152. The summed E-state index contributed by atoms with van der Waals surface area (Å²) in [5.74, 6) is 0.395. The minimum atomic E-state index is 0.0709. The van der Waals surface area contributed by atoms with Crippen molar-refractivity contribution in [1.29, 1.82) is 0 Å². The van der Waals surface area contributed by atoms with Gasteiger partial charge in [-0.2, -0.15) is 0 Å². The third-order valence-electron chi connectivity index (χ3n) is 14.2. The van der Waals surface area contributed by atoms with Gasteiger partial charge in [0.25, 0.3) is 0 Å². The molecule has 1 heteroatoms. The van der Waals surface area contributed by atoms with Crippen LogP contribution >= 0.6 is 0 Å². The number of nitrogens with zero attached hydrogens (tertiary/aromatic N) is 1. The standard InChI is InChI=1S/C60H51N/c1-6-38(2)58-49(23-15-24-50(58)46-32-33-55-59(39(46)3)51-21-12-13-25-54(51)60(55,4)5)42-26-30-45(31-27-42)61-56-34-28-43(40-16-8-7-9-17-40)36-52(56)53-37-44(29-35-57(53)61)48-22-14-19-41-18-10-11-20-47(41)48/h7-12,14-24,26-38H,6,13,25H2,1-5H3. The van der Waals surface area contributed by atoms with E-state index in [4.69, 9.17) is 0 Å². The van der Waals surface area contributed by atoms with Crippen molar-refractivity contribution in [2.75, 3.05) is 0 Å². The van der Waals surface area contributed by atoms with E-state index in [0.717, 1.165) is 24.9 Å². The fourth-order valence-corrected chi connectivity index (χ4v) is 10.9. The van der Waals surface area contributed by atoms with Crippen molar-refractivity contribution in [3.8, 4) is 50.2 Å². The van der Waals surface area contributed by atoms with Gasteiger partial charge in [-0.05, 0) is 152 Å². The largest absolute Gasteiger partial charge is 0.309 e. The van der Waals surface area contributed by atoms with Crippen molar-refractivity contribution < 1.29 is 0 Å². The molecule has 0 amide bonds. The molecule has 0 N–H and O–H groups in total. The molecule has 0 spiro atoms. The van der Waals surface area contributed by atoms with Crippen molar-refractivity contribution >= 4 is 38.2 Å². The maximum absolute atomic E-state index is 2.46. The summed E-state index contributed by atoms with van der Waals surface area (Å²) in [6.45, 7) is 11.9. The molecule has 61 heavy (non-hydrogen) atoms. The molecule has 8 aromatic carbocycles. The molecular weight excluding hydrogens is 735 g/mol. The molecule has 0 bridgehead atoms. The fraction of sp³-hybridized carbons (Fsp3) is 0.167. The Morgan fingerprint density at radius 1 is 0.574 bits per heavy atom. The Morgan fingerprint density at radius 3 is 2.02 bits per heavy atom. The van der Waals surface area contributed by atoms with Crippen LogP contribution in [0.3, 0.4) is 0 Å². The van der Waals surface area contributed by atoms with Crippen molar-refractivity contribution in [3.63, 3.8) is 0 Å². The molecule has 1 aromatic heterocycles. The molecule has 0 aliphatic heterocycles. The number of allylic oxidation sites excluding steroid dienone is 4. The summed E-state index contributed by atoms with van der Waals surface area (Å²) in [6, 6.07) is 61.3. The van der Waals surface area contributed by atoms with E-state index in [1.54, 1.807) is 5.57 Å². The van der Waals surface area contributed by atoms with Gasteiger partial charge in [-0.3, -0.25) is 0 Å². The van der Waals surface area contributed by atoms with Crippen LogP contribution in [0.25, 0.3) is 88.3 Å². The summed E-state index contributed by atoms with van der Waals surface area (Å²) >= 11 is 0. The number of fused-ring (bicyclic) bond motifs is 6. The van der Waals surface area contributed by atoms with Crippen LogP contribution in [0.2, 0.25) is 0 Å². The first-order chi connectivity index (χ1) is 29.8. The van der Waals surface area contributed by atoms with Crippen LogP contribution in [0.15, 0.2) is 182 Å². The van der Waals surface area contributed by atoms with E-state index >= 15 is 0 Å². The van der Waals surface area contributed by atoms with Crippen molar-refractivity contribution in [2.24, 2.45) is 0 Å². The highest BCUT2D eigenvalue weighted by atomic mass is 15.0. The molecule has 0 saturated carbocycles. The number of aromatic nitrogens is 1. The van der Waals surface area contributed by atoms with Gasteiger partial charge in [-0.15, -0.1) is 0 Å². The zero-order valence-electron chi connectivity index (χ0n) is 35.9. The summed E-state index contributed by atoms with van der Waals surface area (Å²) in [5.41, 5.74) is 22.8. The van der Waals surface area contributed by atoms with Gasteiger partial charge in [0.2, 0.25) is 0 Å². The summed E-state index contributed by atoms with van der Waals surface area (Å²) in [6.07, 6.45) is 8.14. The topological polar surface area (TPSA) is 4.93 Å². The predicted molar refractivity (Wildman–Crippen MR) is 262 cm³/mol. The third-order valence-corrected chi connectivity index (χ3v) is 14.2. The molecule has 2 aliphatic carbocycles. The van der Waals surface area contributed by atoms with Gasteiger partial charge in [0.05, 0.1) is 11.0 Å². The van der Waals surface area contributed by atoms with E-state index in [-0.39, 0.29) is 5.41 Å². The molecule has 1 heterocycles. The summed E-state index contributed by atoms with van der Waals surface area (Å²) in [4.78, 5) is 0. The molecule has 1 nitrogen and oxygen atoms in total. The number of hydrogen-bond donors (Lipinski definition) is 0. The average molecular weight is 786 g/mol. The van der Waals surface area contributed by atoms with Crippen LogP contribution < -0.4 is 0 Å².